The van der Waals surface area contributed by atoms with Gasteiger partial charge in [-0.3, -0.25) is 0 Å². The minimum absolute atomic E-state index is 0.366. The van der Waals surface area contributed by atoms with Gasteiger partial charge >= 0.3 is 0 Å². The quantitative estimate of drug-likeness (QED) is 0.778. The third-order valence-corrected chi connectivity index (χ3v) is 4.56. The summed E-state index contributed by atoms with van der Waals surface area (Å²) in [4.78, 5) is 0. The molecular weight excluding hydrogens is 322 g/mol. The molecule has 0 aliphatic carbocycles. The van der Waals surface area contributed by atoms with Gasteiger partial charge in [-0.2, -0.15) is 0 Å². The summed E-state index contributed by atoms with van der Waals surface area (Å²) in [6.07, 6.45) is 1.03. The second-order valence-electron chi connectivity index (χ2n) is 5.73. The van der Waals surface area contributed by atoms with E-state index in [2.05, 4.69) is 85.3 Å². The summed E-state index contributed by atoms with van der Waals surface area (Å²) >= 11 is 3.55. The van der Waals surface area contributed by atoms with Crippen molar-refractivity contribution in [1.82, 2.24) is 5.32 Å². The maximum atomic E-state index is 3.63. The smallest absolute Gasteiger partial charge is 0.0363 e. The Kier molecular flexibility index (Phi) is 5.60. The molecule has 0 saturated heterocycles. The van der Waals surface area contributed by atoms with Crippen LogP contribution in [0.4, 0.5) is 0 Å². The summed E-state index contributed by atoms with van der Waals surface area (Å²) in [5, 5.41) is 3.63. The molecule has 2 aromatic carbocycles. The van der Waals surface area contributed by atoms with E-state index < -0.39 is 0 Å². The molecule has 0 amide bonds. The van der Waals surface area contributed by atoms with Crippen LogP contribution in [0.1, 0.15) is 40.8 Å². The van der Waals surface area contributed by atoms with Crippen molar-refractivity contribution in [3.63, 3.8) is 0 Å². The second kappa shape index (κ2) is 7.24. The van der Waals surface area contributed by atoms with Crippen LogP contribution in [-0.4, -0.2) is 6.54 Å². The first-order chi connectivity index (χ1) is 10.0. The molecule has 2 heteroatoms. The third-order valence-electron chi connectivity index (χ3n) is 4.07. The molecule has 0 radical (unpaired) electrons. The SMILES string of the molecule is CCNC(Cc1ccc(C)c(C)c1)c1ccc(Br)cc1C. The van der Waals surface area contributed by atoms with Gasteiger partial charge in [-0.1, -0.05) is 47.1 Å². The van der Waals surface area contributed by atoms with Gasteiger partial charge in [-0.15, -0.1) is 0 Å². The van der Waals surface area contributed by atoms with Crippen LogP contribution in [0, 0.1) is 20.8 Å². The topological polar surface area (TPSA) is 12.0 Å². The van der Waals surface area contributed by atoms with E-state index in [9.17, 15) is 0 Å². The Labute approximate surface area is 136 Å². The summed E-state index contributed by atoms with van der Waals surface area (Å²) < 4.78 is 1.14. The van der Waals surface area contributed by atoms with Crippen molar-refractivity contribution in [3.05, 3.63) is 68.7 Å². The number of likely N-dealkylation sites (N-methyl/N-ethyl adjacent to an activating group) is 1. The van der Waals surface area contributed by atoms with E-state index in [0.717, 1.165) is 17.4 Å². The average Bonchev–Trinajstić information content (AvgIpc) is 2.42. The van der Waals surface area contributed by atoms with E-state index in [1.807, 2.05) is 0 Å². The number of hydrogen-bond acceptors (Lipinski definition) is 1. The number of aryl methyl sites for hydroxylation is 3. The Morgan fingerprint density at radius 3 is 2.33 bits per heavy atom. The van der Waals surface area contributed by atoms with Gasteiger partial charge in [0.15, 0.2) is 0 Å². The van der Waals surface area contributed by atoms with Crippen LogP contribution in [0.25, 0.3) is 0 Å². The standard InChI is InChI=1S/C19H24BrN/c1-5-21-19(18-9-8-17(20)11-15(18)4)12-16-7-6-13(2)14(3)10-16/h6-11,19,21H,5,12H2,1-4H3. The molecule has 2 aromatic rings. The first-order valence-corrected chi connectivity index (χ1v) is 8.36. The van der Waals surface area contributed by atoms with E-state index in [0.29, 0.717) is 6.04 Å². The van der Waals surface area contributed by atoms with E-state index >= 15 is 0 Å². The molecule has 1 nitrogen and oxygen atoms in total. The lowest BCUT2D eigenvalue weighted by Crippen LogP contribution is -2.23. The lowest BCUT2D eigenvalue weighted by Gasteiger charge is -2.21. The molecule has 0 aromatic heterocycles. The van der Waals surface area contributed by atoms with Gasteiger partial charge in [-0.05, 0) is 73.7 Å². The van der Waals surface area contributed by atoms with Crippen molar-refractivity contribution in [2.75, 3.05) is 6.54 Å². The van der Waals surface area contributed by atoms with Crippen LogP contribution in [0.5, 0.6) is 0 Å². The average molecular weight is 346 g/mol. The normalized spacial score (nSPS) is 12.4. The molecule has 112 valence electrons. The van der Waals surface area contributed by atoms with Gasteiger partial charge in [0.05, 0.1) is 0 Å². The number of nitrogens with one attached hydrogen (secondary N) is 1. The first-order valence-electron chi connectivity index (χ1n) is 7.56. The van der Waals surface area contributed by atoms with Gasteiger partial charge < -0.3 is 5.32 Å². The third kappa shape index (κ3) is 4.18. The molecule has 0 fully saturated rings. The Balaban J connectivity index is 2.28. The zero-order valence-electron chi connectivity index (χ0n) is 13.3. The van der Waals surface area contributed by atoms with Crippen molar-refractivity contribution in [3.8, 4) is 0 Å². The fraction of sp³-hybridized carbons (Fsp3) is 0.368. The molecule has 0 saturated carbocycles. The van der Waals surface area contributed by atoms with Crippen molar-refractivity contribution in [1.29, 1.82) is 0 Å². The number of benzene rings is 2. The van der Waals surface area contributed by atoms with Gasteiger partial charge in [0, 0.05) is 10.5 Å². The van der Waals surface area contributed by atoms with Crippen LogP contribution in [0.2, 0.25) is 0 Å². The second-order valence-corrected chi connectivity index (χ2v) is 6.65. The molecule has 1 atom stereocenters. The number of hydrogen-bond donors (Lipinski definition) is 1. The van der Waals surface area contributed by atoms with Crippen LogP contribution in [0.15, 0.2) is 40.9 Å². The number of rotatable bonds is 5. The fourth-order valence-electron chi connectivity index (χ4n) is 2.73. The molecular formula is C19H24BrN. The summed E-state index contributed by atoms with van der Waals surface area (Å²) in [5.74, 6) is 0. The highest BCUT2D eigenvalue weighted by molar-refractivity contribution is 9.10. The van der Waals surface area contributed by atoms with Crippen molar-refractivity contribution >= 4 is 15.9 Å². The van der Waals surface area contributed by atoms with Crippen LogP contribution in [-0.2, 0) is 6.42 Å². The molecule has 1 N–H and O–H groups in total. The van der Waals surface area contributed by atoms with Crippen molar-refractivity contribution in [2.24, 2.45) is 0 Å². The minimum Gasteiger partial charge on any atom is -0.310 e. The lowest BCUT2D eigenvalue weighted by atomic mass is 9.94. The van der Waals surface area contributed by atoms with Crippen LogP contribution >= 0.6 is 15.9 Å². The predicted octanol–water partition coefficient (Wildman–Crippen LogP) is 5.27. The minimum atomic E-state index is 0.366. The predicted molar refractivity (Wildman–Crippen MR) is 94.9 cm³/mol. The maximum absolute atomic E-state index is 3.63. The van der Waals surface area contributed by atoms with Gasteiger partial charge in [0.2, 0.25) is 0 Å². The highest BCUT2D eigenvalue weighted by Gasteiger charge is 2.14. The van der Waals surface area contributed by atoms with E-state index in [-0.39, 0.29) is 0 Å². The fourth-order valence-corrected chi connectivity index (χ4v) is 3.21. The Bertz CT molecular complexity index is 619. The molecule has 0 aliphatic heterocycles. The molecule has 0 spiro atoms. The molecule has 0 bridgehead atoms. The molecule has 2 rings (SSSR count). The summed E-state index contributed by atoms with van der Waals surface area (Å²) in [5.41, 5.74) is 6.85. The first kappa shape index (κ1) is 16.3. The Hall–Kier alpha value is -1.12. The zero-order chi connectivity index (χ0) is 15.4. The van der Waals surface area contributed by atoms with E-state index in [4.69, 9.17) is 0 Å². The molecule has 21 heavy (non-hydrogen) atoms. The van der Waals surface area contributed by atoms with Gasteiger partial charge in [0.25, 0.3) is 0 Å². The Morgan fingerprint density at radius 1 is 0.952 bits per heavy atom. The summed E-state index contributed by atoms with van der Waals surface area (Å²) in [6.45, 7) is 9.68. The Morgan fingerprint density at radius 2 is 1.71 bits per heavy atom. The van der Waals surface area contributed by atoms with E-state index in [1.54, 1.807) is 0 Å². The highest BCUT2D eigenvalue weighted by atomic mass is 79.9. The van der Waals surface area contributed by atoms with Crippen LogP contribution < -0.4 is 5.32 Å². The molecule has 1 unspecified atom stereocenters. The monoisotopic (exact) mass is 345 g/mol. The van der Waals surface area contributed by atoms with Crippen molar-refractivity contribution in [2.45, 2.75) is 40.2 Å². The number of halogens is 1. The van der Waals surface area contributed by atoms with Gasteiger partial charge in [-0.25, -0.2) is 0 Å². The van der Waals surface area contributed by atoms with E-state index in [1.165, 1.54) is 27.8 Å². The van der Waals surface area contributed by atoms with Gasteiger partial charge in [0.1, 0.15) is 0 Å². The van der Waals surface area contributed by atoms with Crippen LogP contribution in [0.3, 0.4) is 0 Å². The molecule has 0 heterocycles. The van der Waals surface area contributed by atoms with Crippen molar-refractivity contribution < 1.29 is 0 Å². The molecule has 0 aliphatic rings. The largest absolute Gasteiger partial charge is 0.310 e. The summed E-state index contributed by atoms with van der Waals surface area (Å²) in [7, 11) is 0. The highest BCUT2D eigenvalue weighted by Crippen LogP contribution is 2.25. The maximum Gasteiger partial charge on any atom is 0.0363 e. The summed E-state index contributed by atoms with van der Waals surface area (Å²) in [6, 6.07) is 13.7. The zero-order valence-corrected chi connectivity index (χ0v) is 14.9. The lowest BCUT2D eigenvalue weighted by molar-refractivity contribution is 0.547.